The van der Waals surface area contributed by atoms with Crippen LogP contribution in [0.15, 0.2) is 65.3 Å². The molecular weight excluding hydrogens is 352 g/mol. The van der Waals surface area contributed by atoms with Crippen molar-refractivity contribution in [3.63, 3.8) is 0 Å². The molecule has 2 N–H and O–H groups in total. The van der Waals surface area contributed by atoms with Crippen molar-refractivity contribution in [2.75, 3.05) is 10.6 Å². The van der Waals surface area contributed by atoms with Crippen LogP contribution in [0.5, 0.6) is 0 Å². The van der Waals surface area contributed by atoms with Gasteiger partial charge < -0.3 is 15.1 Å². The van der Waals surface area contributed by atoms with Gasteiger partial charge in [-0.25, -0.2) is 0 Å². The van der Waals surface area contributed by atoms with Crippen molar-refractivity contribution in [1.82, 2.24) is 9.78 Å². The summed E-state index contributed by atoms with van der Waals surface area (Å²) >= 11 is 5.97. The third-order valence-electron chi connectivity index (χ3n) is 3.82. The summed E-state index contributed by atoms with van der Waals surface area (Å²) in [6, 6.07) is 14.3. The molecule has 2 aromatic carbocycles. The lowest BCUT2D eigenvalue weighted by Gasteiger charge is -2.07. The lowest BCUT2D eigenvalue weighted by molar-refractivity contribution is 0.0998. The number of hydrogen-bond donors (Lipinski definition) is 2. The Hall–Kier alpha value is -3.25. The van der Waals surface area contributed by atoms with E-state index in [2.05, 4.69) is 15.7 Å². The minimum Gasteiger partial charge on any atom is -0.451 e. The first-order valence-corrected chi connectivity index (χ1v) is 8.31. The monoisotopic (exact) mass is 366 g/mol. The molecule has 2 aromatic heterocycles. The van der Waals surface area contributed by atoms with Gasteiger partial charge >= 0.3 is 0 Å². The summed E-state index contributed by atoms with van der Waals surface area (Å²) in [6.45, 7) is 0. The number of furan rings is 1. The first kappa shape index (κ1) is 16.2. The average molecular weight is 367 g/mol. The second-order valence-electron chi connectivity index (χ2n) is 5.86. The first-order valence-electron chi connectivity index (χ1n) is 7.93. The standard InChI is InChI=1S/C19H15ClN4O2/c1-24-11-16(10-21-24)22-14-3-2-4-15(9-14)23-19(25)18-8-12-7-13(20)5-6-17(12)26-18/h2-11,22H,1H3,(H,23,25). The Kier molecular flexibility index (Phi) is 4.10. The minimum atomic E-state index is -0.323. The van der Waals surface area contributed by atoms with Crippen molar-refractivity contribution >= 4 is 45.5 Å². The number of aromatic nitrogens is 2. The number of carbonyl (C=O) groups excluding carboxylic acids is 1. The molecular formula is C19H15ClN4O2. The van der Waals surface area contributed by atoms with E-state index in [1.54, 1.807) is 35.1 Å². The zero-order chi connectivity index (χ0) is 18.1. The van der Waals surface area contributed by atoms with E-state index in [0.717, 1.165) is 16.8 Å². The number of carbonyl (C=O) groups is 1. The zero-order valence-electron chi connectivity index (χ0n) is 13.9. The molecule has 0 unspecified atom stereocenters. The molecule has 0 saturated heterocycles. The summed E-state index contributed by atoms with van der Waals surface area (Å²) in [7, 11) is 1.85. The Balaban J connectivity index is 1.52. The molecule has 0 radical (unpaired) electrons. The first-order chi connectivity index (χ1) is 12.6. The quantitative estimate of drug-likeness (QED) is 0.543. The largest absolute Gasteiger partial charge is 0.451 e. The van der Waals surface area contributed by atoms with Gasteiger partial charge in [0, 0.05) is 35.0 Å². The molecule has 0 saturated carbocycles. The SMILES string of the molecule is Cn1cc(Nc2cccc(NC(=O)c3cc4cc(Cl)ccc4o3)c2)cn1. The van der Waals surface area contributed by atoms with Gasteiger partial charge in [0.05, 0.1) is 11.9 Å². The van der Waals surface area contributed by atoms with Gasteiger partial charge in [-0.1, -0.05) is 17.7 Å². The molecule has 2 heterocycles. The van der Waals surface area contributed by atoms with Gasteiger partial charge in [-0.2, -0.15) is 5.10 Å². The number of hydrogen-bond acceptors (Lipinski definition) is 4. The average Bonchev–Trinajstić information content (AvgIpc) is 3.21. The van der Waals surface area contributed by atoms with E-state index in [9.17, 15) is 4.79 Å². The number of benzene rings is 2. The van der Waals surface area contributed by atoms with Crippen LogP contribution >= 0.6 is 11.6 Å². The van der Waals surface area contributed by atoms with Crippen LogP contribution < -0.4 is 10.6 Å². The third kappa shape index (κ3) is 3.41. The molecule has 0 aliphatic carbocycles. The van der Waals surface area contributed by atoms with Gasteiger partial charge in [-0.05, 0) is 42.5 Å². The molecule has 6 nitrogen and oxygen atoms in total. The van der Waals surface area contributed by atoms with Crippen LogP contribution in [-0.4, -0.2) is 15.7 Å². The third-order valence-corrected chi connectivity index (χ3v) is 4.05. The fourth-order valence-electron chi connectivity index (χ4n) is 2.65. The summed E-state index contributed by atoms with van der Waals surface area (Å²) in [5.74, 6) is -0.0938. The molecule has 130 valence electrons. The molecule has 0 aliphatic heterocycles. The predicted octanol–water partition coefficient (Wildman–Crippen LogP) is 4.82. The second kappa shape index (κ2) is 6.57. The number of nitrogens with one attached hydrogen (secondary N) is 2. The number of nitrogens with zero attached hydrogens (tertiary/aromatic N) is 2. The number of amides is 1. The van der Waals surface area contributed by atoms with Crippen LogP contribution in [0, 0.1) is 0 Å². The maximum absolute atomic E-state index is 12.5. The summed E-state index contributed by atoms with van der Waals surface area (Å²) in [6.07, 6.45) is 3.59. The van der Waals surface area contributed by atoms with Gasteiger partial charge in [0.25, 0.3) is 5.91 Å². The summed E-state index contributed by atoms with van der Waals surface area (Å²) in [5.41, 5.74) is 2.98. The van der Waals surface area contributed by atoms with E-state index in [4.69, 9.17) is 16.0 Å². The van der Waals surface area contributed by atoms with Crippen molar-refractivity contribution < 1.29 is 9.21 Å². The Morgan fingerprint density at radius 1 is 1.12 bits per heavy atom. The molecule has 26 heavy (non-hydrogen) atoms. The fraction of sp³-hybridized carbons (Fsp3) is 0.0526. The molecule has 0 bridgehead atoms. The van der Waals surface area contributed by atoms with Crippen molar-refractivity contribution in [1.29, 1.82) is 0 Å². The highest BCUT2D eigenvalue weighted by atomic mass is 35.5. The summed E-state index contributed by atoms with van der Waals surface area (Å²) in [4.78, 5) is 12.5. The van der Waals surface area contributed by atoms with E-state index in [1.165, 1.54) is 0 Å². The summed E-state index contributed by atoms with van der Waals surface area (Å²) in [5, 5.41) is 11.6. The molecule has 7 heteroatoms. The number of rotatable bonds is 4. The Morgan fingerprint density at radius 3 is 2.77 bits per heavy atom. The molecule has 4 rings (SSSR count). The van der Waals surface area contributed by atoms with Crippen molar-refractivity contribution in [2.45, 2.75) is 0 Å². The Labute approximate surface area is 154 Å². The lowest BCUT2D eigenvalue weighted by atomic mass is 10.2. The molecule has 0 atom stereocenters. The Bertz CT molecular complexity index is 1100. The van der Waals surface area contributed by atoms with Gasteiger partial charge in [-0.15, -0.1) is 0 Å². The smallest absolute Gasteiger partial charge is 0.291 e. The van der Waals surface area contributed by atoms with Gasteiger partial charge in [0.2, 0.25) is 0 Å². The number of aryl methyl sites for hydroxylation is 1. The van der Waals surface area contributed by atoms with Crippen molar-refractivity contribution in [3.8, 4) is 0 Å². The van der Waals surface area contributed by atoms with E-state index in [0.29, 0.717) is 16.3 Å². The van der Waals surface area contributed by atoms with Crippen LogP contribution in [0.3, 0.4) is 0 Å². The number of fused-ring (bicyclic) bond motifs is 1. The molecule has 0 fully saturated rings. The second-order valence-corrected chi connectivity index (χ2v) is 6.29. The van der Waals surface area contributed by atoms with Crippen molar-refractivity contribution in [2.24, 2.45) is 7.05 Å². The highest BCUT2D eigenvalue weighted by Gasteiger charge is 2.13. The maximum Gasteiger partial charge on any atom is 0.291 e. The normalized spacial score (nSPS) is 10.8. The maximum atomic E-state index is 12.5. The topological polar surface area (TPSA) is 72.1 Å². The van der Waals surface area contributed by atoms with E-state index >= 15 is 0 Å². The number of halogens is 1. The van der Waals surface area contributed by atoms with Crippen LogP contribution in [0.1, 0.15) is 10.6 Å². The molecule has 1 amide bonds. The zero-order valence-corrected chi connectivity index (χ0v) is 14.6. The van der Waals surface area contributed by atoms with Crippen LogP contribution in [0.2, 0.25) is 5.02 Å². The van der Waals surface area contributed by atoms with Gasteiger partial charge in [-0.3, -0.25) is 9.48 Å². The fourth-order valence-corrected chi connectivity index (χ4v) is 2.83. The van der Waals surface area contributed by atoms with E-state index < -0.39 is 0 Å². The van der Waals surface area contributed by atoms with E-state index in [1.807, 2.05) is 37.5 Å². The van der Waals surface area contributed by atoms with E-state index in [-0.39, 0.29) is 11.7 Å². The van der Waals surface area contributed by atoms with Crippen molar-refractivity contribution in [3.05, 3.63) is 71.7 Å². The van der Waals surface area contributed by atoms with Crippen LogP contribution in [0.25, 0.3) is 11.0 Å². The van der Waals surface area contributed by atoms with Crippen LogP contribution in [0.4, 0.5) is 17.1 Å². The highest BCUT2D eigenvalue weighted by Crippen LogP contribution is 2.24. The highest BCUT2D eigenvalue weighted by molar-refractivity contribution is 6.31. The van der Waals surface area contributed by atoms with Gasteiger partial charge in [0.1, 0.15) is 5.58 Å². The molecule has 4 aromatic rings. The summed E-state index contributed by atoms with van der Waals surface area (Å²) < 4.78 is 7.30. The molecule has 0 spiro atoms. The van der Waals surface area contributed by atoms with Gasteiger partial charge in [0.15, 0.2) is 5.76 Å². The minimum absolute atomic E-state index is 0.230. The predicted molar refractivity (Wildman–Crippen MR) is 102 cm³/mol. The molecule has 0 aliphatic rings. The van der Waals surface area contributed by atoms with Crippen LogP contribution in [-0.2, 0) is 7.05 Å². The number of anilines is 3. The Morgan fingerprint density at radius 2 is 1.96 bits per heavy atom. The lowest BCUT2D eigenvalue weighted by Crippen LogP contribution is -2.10.